The zero-order valence-electron chi connectivity index (χ0n) is 6.31. The summed E-state index contributed by atoms with van der Waals surface area (Å²) in [6.07, 6.45) is 1.64. The fourth-order valence-electron chi connectivity index (χ4n) is 1.09. The zero-order valence-corrected chi connectivity index (χ0v) is 7.12. The Morgan fingerprint density at radius 2 is 2.00 bits per heavy atom. The van der Waals surface area contributed by atoms with Crippen molar-refractivity contribution in [3.8, 4) is 0 Å². The smallest absolute Gasteiger partial charge is 0.284 e. The molecule has 1 aliphatic rings. The van der Waals surface area contributed by atoms with Crippen molar-refractivity contribution in [1.29, 1.82) is 0 Å². The van der Waals surface area contributed by atoms with Crippen LogP contribution in [0.3, 0.4) is 0 Å². The average molecular weight is 177 g/mol. The molecule has 0 saturated carbocycles. The maximum atomic E-state index is 5.26. The number of hydrogen-bond acceptors (Lipinski definition) is 2. The normalized spacial score (nSPS) is 21.0. The molecule has 1 aliphatic heterocycles. The number of hydrogen-bond donors (Lipinski definition) is 0. The highest BCUT2D eigenvalue weighted by molar-refractivity contribution is 7.80. The van der Waals surface area contributed by atoms with Gasteiger partial charge in [-0.1, -0.05) is 30.3 Å². The molecule has 2 nitrogen and oxygen atoms in total. The van der Waals surface area contributed by atoms with E-state index < -0.39 is 0 Å². The first-order chi connectivity index (χ1) is 5.86. The third-order valence-corrected chi connectivity index (χ3v) is 1.87. The second kappa shape index (κ2) is 3.03. The molecule has 2 rings (SSSR count). The van der Waals surface area contributed by atoms with Crippen LogP contribution >= 0.6 is 12.2 Å². The van der Waals surface area contributed by atoms with Crippen LogP contribution in [-0.4, -0.2) is 11.4 Å². The molecule has 1 unspecified atom stereocenters. The third kappa shape index (κ3) is 1.36. The molecular formula is C9H7NOS. The number of thiocarbonyl (C=S) groups is 1. The van der Waals surface area contributed by atoms with Crippen molar-refractivity contribution in [3.63, 3.8) is 0 Å². The summed E-state index contributed by atoms with van der Waals surface area (Å²) in [6, 6.07) is 9.88. The van der Waals surface area contributed by atoms with Crippen LogP contribution in [0.5, 0.6) is 0 Å². The highest BCUT2D eigenvalue weighted by Gasteiger charge is 2.16. The van der Waals surface area contributed by atoms with Crippen molar-refractivity contribution < 1.29 is 4.74 Å². The Hall–Kier alpha value is -1.22. The Morgan fingerprint density at radius 3 is 2.58 bits per heavy atom. The molecule has 0 fully saturated rings. The molecule has 0 aromatic heterocycles. The Balaban J connectivity index is 2.23. The highest BCUT2D eigenvalue weighted by atomic mass is 32.1. The minimum absolute atomic E-state index is 0.0845. The van der Waals surface area contributed by atoms with Gasteiger partial charge >= 0.3 is 0 Å². The highest BCUT2D eigenvalue weighted by Crippen LogP contribution is 2.19. The van der Waals surface area contributed by atoms with Gasteiger partial charge in [-0.2, -0.15) is 0 Å². The van der Waals surface area contributed by atoms with Crippen molar-refractivity contribution in [1.82, 2.24) is 0 Å². The van der Waals surface area contributed by atoms with Crippen molar-refractivity contribution in [2.24, 2.45) is 4.99 Å². The van der Waals surface area contributed by atoms with E-state index in [-0.39, 0.29) is 6.10 Å². The molecular weight excluding hydrogens is 170 g/mol. The Morgan fingerprint density at radius 1 is 1.25 bits per heavy atom. The van der Waals surface area contributed by atoms with Gasteiger partial charge in [0.15, 0.2) is 6.10 Å². The van der Waals surface area contributed by atoms with E-state index in [4.69, 9.17) is 17.0 Å². The van der Waals surface area contributed by atoms with Gasteiger partial charge in [0.25, 0.3) is 5.17 Å². The first kappa shape index (κ1) is 7.43. The summed E-state index contributed by atoms with van der Waals surface area (Å²) < 4.78 is 5.26. The summed E-state index contributed by atoms with van der Waals surface area (Å²) in [6.45, 7) is 0. The van der Waals surface area contributed by atoms with E-state index in [1.807, 2.05) is 30.3 Å². The second-order valence-electron chi connectivity index (χ2n) is 2.49. The lowest BCUT2D eigenvalue weighted by Crippen LogP contribution is -2.00. The zero-order chi connectivity index (χ0) is 8.39. The Bertz CT molecular complexity index is 321. The first-order valence-electron chi connectivity index (χ1n) is 3.66. The number of ether oxygens (including phenoxy) is 1. The van der Waals surface area contributed by atoms with E-state index in [1.165, 1.54) is 0 Å². The van der Waals surface area contributed by atoms with Gasteiger partial charge < -0.3 is 4.74 Å². The van der Waals surface area contributed by atoms with Gasteiger partial charge in [0.05, 0.1) is 6.21 Å². The largest absolute Gasteiger partial charge is 0.455 e. The van der Waals surface area contributed by atoms with Crippen LogP contribution in [0.25, 0.3) is 0 Å². The van der Waals surface area contributed by atoms with E-state index in [1.54, 1.807) is 6.21 Å². The van der Waals surface area contributed by atoms with Gasteiger partial charge in [-0.3, -0.25) is 0 Å². The van der Waals surface area contributed by atoms with E-state index in [2.05, 4.69) is 4.99 Å². The number of nitrogens with zero attached hydrogens (tertiary/aromatic N) is 1. The van der Waals surface area contributed by atoms with Gasteiger partial charge in [-0.05, 0) is 17.8 Å². The molecule has 1 heterocycles. The van der Waals surface area contributed by atoms with Crippen LogP contribution < -0.4 is 0 Å². The topological polar surface area (TPSA) is 21.6 Å². The van der Waals surface area contributed by atoms with Crippen LogP contribution in [0.2, 0.25) is 0 Å². The minimum atomic E-state index is -0.0845. The SMILES string of the molecule is S=C1N=CC(c2ccccc2)O1. The van der Waals surface area contributed by atoms with Gasteiger partial charge in [0.2, 0.25) is 0 Å². The van der Waals surface area contributed by atoms with Crippen LogP contribution in [0.1, 0.15) is 11.7 Å². The fourth-order valence-corrected chi connectivity index (χ4v) is 1.26. The molecule has 1 atom stereocenters. The molecule has 0 bridgehead atoms. The van der Waals surface area contributed by atoms with E-state index >= 15 is 0 Å². The van der Waals surface area contributed by atoms with Crippen LogP contribution in [0, 0.1) is 0 Å². The molecule has 3 heteroatoms. The van der Waals surface area contributed by atoms with Crippen molar-refractivity contribution in [2.75, 3.05) is 0 Å². The van der Waals surface area contributed by atoms with Crippen molar-refractivity contribution in [2.45, 2.75) is 6.10 Å². The van der Waals surface area contributed by atoms with Gasteiger partial charge in [-0.15, -0.1) is 0 Å². The molecule has 1 aromatic carbocycles. The predicted octanol–water partition coefficient (Wildman–Crippen LogP) is 2.11. The van der Waals surface area contributed by atoms with E-state index in [0.717, 1.165) is 5.56 Å². The first-order valence-corrected chi connectivity index (χ1v) is 4.07. The molecule has 0 amide bonds. The number of rotatable bonds is 1. The summed E-state index contributed by atoms with van der Waals surface area (Å²) in [5.41, 5.74) is 1.08. The van der Waals surface area contributed by atoms with E-state index in [9.17, 15) is 0 Å². The number of benzene rings is 1. The molecule has 0 saturated heterocycles. The standard InChI is InChI=1S/C9H7NOS/c12-9-10-6-8(11-9)7-4-2-1-3-5-7/h1-6,8H. The molecule has 0 spiro atoms. The number of aliphatic imine (C=N–C) groups is 1. The lowest BCUT2D eigenvalue weighted by molar-refractivity contribution is 0.282. The van der Waals surface area contributed by atoms with Crippen molar-refractivity contribution >= 4 is 23.6 Å². The molecule has 60 valence electrons. The molecule has 0 aliphatic carbocycles. The molecule has 0 N–H and O–H groups in total. The van der Waals surface area contributed by atoms with Crippen LogP contribution in [0.4, 0.5) is 0 Å². The molecule has 12 heavy (non-hydrogen) atoms. The maximum Gasteiger partial charge on any atom is 0.284 e. The van der Waals surface area contributed by atoms with E-state index in [0.29, 0.717) is 5.17 Å². The average Bonchev–Trinajstić information content (AvgIpc) is 2.54. The van der Waals surface area contributed by atoms with Gasteiger partial charge in [-0.25, -0.2) is 4.99 Å². The fraction of sp³-hybridized carbons (Fsp3) is 0.111. The summed E-state index contributed by atoms with van der Waals surface area (Å²) in [4.78, 5) is 3.88. The Kier molecular flexibility index (Phi) is 1.87. The quantitative estimate of drug-likeness (QED) is 0.613. The van der Waals surface area contributed by atoms with Gasteiger partial charge in [0.1, 0.15) is 0 Å². The Labute approximate surface area is 75.9 Å². The maximum absolute atomic E-state index is 5.26. The summed E-state index contributed by atoms with van der Waals surface area (Å²) in [7, 11) is 0. The predicted molar refractivity (Wildman–Crippen MR) is 51.4 cm³/mol. The summed E-state index contributed by atoms with van der Waals surface area (Å²) in [5.74, 6) is 0. The molecule has 0 radical (unpaired) electrons. The van der Waals surface area contributed by atoms with Crippen LogP contribution in [-0.2, 0) is 4.74 Å². The van der Waals surface area contributed by atoms with Crippen LogP contribution in [0.15, 0.2) is 35.3 Å². The minimum Gasteiger partial charge on any atom is -0.455 e. The third-order valence-electron chi connectivity index (χ3n) is 1.67. The monoisotopic (exact) mass is 177 g/mol. The summed E-state index contributed by atoms with van der Waals surface area (Å²) in [5, 5.41) is 0.323. The van der Waals surface area contributed by atoms with Gasteiger partial charge in [0, 0.05) is 0 Å². The second-order valence-corrected chi connectivity index (χ2v) is 2.84. The van der Waals surface area contributed by atoms with Crippen molar-refractivity contribution in [3.05, 3.63) is 35.9 Å². The lowest BCUT2D eigenvalue weighted by Gasteiger charge is -2.06. The molecule has 1 aromatic rings. The lowest BCUT2D eigenvalue weighted by atomic mass is 10.1. The summed E-state index contributed by atoms with van der Waals surface area (Å²) >= 11 is 4.78.